The van der Waals surface area contributed by atoms with Gasteiger partial charge in [0.05, 0.1) is 8.58 Å². The van der Waals surface area contributed by atoms with Gasteiger partial charge in [-0.3, -0.25) is 14.2 Å². The van der Waals surface area contributed by atoms with E-state index in [1.807, 2.05) is 0 Å². The van der Waals surface area contributed by atoms with Crippen LogP contribution in [-0.4, -0.2) is 47.5 Å². The highest BCUT2D eigenvalue weighted by molar-refractivity contribution is 7.78. The van der Waals surface area contributed by atoms with Gasteiger partial charge in [-0.15, -0.1) is 0 Å². The molecule has 15 heavy (non-hydrogen) atoms. The predicted molar refractivity (Wildman–Crippen MR) is 67.3 cm³/mol. The number of nitrogens with one attached hydrogen (secondary N) is 2. The largest absolute Gasteiger partial charge is 0.478 e. The Labute approximate surface area is 101 Å². The van der Waals surface area contributed by atoms with Crippen molar-refractivity contribution < 1.29 is 14.7 Å². The molecular formula is C6H14N3O3PS2. The molecule has 0 aromatic carbocycles. The maximum absolute atomic E-state index is 11.4. The van der Waals surface area contributed by atoms with Crippen molar-refractivity contribution in [2.24, 2.45) is 0 Å². The number of rotatable bonds is 8. The maximum Gasteiger partial charge on any atom is 0.330 e. The Bertz CT molecular complexity index is 212. The van der Waals surface area contributed by atoms with Crippen LogP contribution in [0, 0.1) is 0 Å². The van der Waals surface area contributed by atoms with Gasteiger partial charge in [0, 0.05) is 26.2 Å². The standard InChI is InChI=1S/C6H14N3O3PS2/c10-5(13-6(11)12)9(3-1-7-14)4-2-8-15/h7-8,13-15H,1-4H2,(H,11,12). The van der Waals surface area contributed by atoms with Gasteiger partial charge in [0.25, 0.3) is 5.65 Å². The molecule has 0 spiro atoms. The van der Waals surface area contributed by atoms with E-state index < -0.39 is 14.3 Å². The van der Waals surface area contributed by atoms with Crippen molar-refractivity contribution in [3.63, 3.8) is 0 Å². The van der Waals surface area contributed by atoms with E-state index >= 15 is 0 Å². The van der Waals surface area contributed by atoms with E-state index in [1.54, 1.807) is 0 Å². The summed E-state index contributed by atoms with van der Waals surface area (Å²) in [5.41, 5.74) is -1.47. The summed E-state index contributed by atoms with van der Waals surface area (Å²) >= 11 is 7.58. The Hall–Kier alpha value is -0.0100. The third kappa shape index (κ3) is 7.87. The average Bonchev–Trinajstić information content (AvgIpc) is 2.17. The molecule has 0 fully saturated rings. The summed E-state index contributed by atoms with van der Waals surface area (Å²) in [6, 6.07) is 0. The molecule has 1 amide bonds. The summed E-state index contributed by atoms with van der Waals surface area (Å²) in [5, 5.41) is 8.49. The van der Waals surface area contributed by atoms with Crippen LogP contribution in [-0.2, 0) is 0 Å². The molecule has 0 radical (unpaired) electrons. The minimum Gasteiger partial charge on any atom is -0.478 e. The van der Waals surface area contributed by atoms with Gasteiger partial charge in [0.2, 0.25) is 0 Å². The van der Waals surface area contributed by atoms with Gasteiger partial charge < -0.3 is 10.0 Å². The number of amides is 1. The normalized spacial score (nSPS) is 10.8. The highest BCUT2D eigenvalue weighted by Crippen LogP contribution is 2.16. The van der Waals surface area contributed by atoms with Crippen LogP contribution in [0.2, 0.25) is 0 Å². The van der Waals surface area contributed by atoms with E-state index in [0.717, 1.165) is 0 Å². The average molecular weight is 271 g/mol. The second-order valence-corrected chi connectivity index (χ2v) is 4.28. The molecule has 0 aromatic heterocycles. The Morgan fingerprint density at radius 2 is 1.67 bits per heavy atom. The molecule has 0 saturated carbocycles. The smallest absolute Gasteiger partial charge is 0.330 e. The lowest BCUT2D eigenvalue weighted by molar-refractivity contribution is 0.217. The van der Waals surface area contributed by atoms with Crippen molar-refractivity contribution in [3.8, 4) is 0 Å². The van der Waals surface area contributed by atoms with Gasteiger partial charge in [-0.25, -0.2) is 4.79 Å². The number of thiol groups is 2. The van der Waals surface area contributed by atoms with Crippen molar-refractivity contribution in [2.75, 3.05) is 26.2 Å². The first-order valence-corrected chi connectivity index (χ1v) is 6.04. The highest BCUT2D eigenvalue weighted by Gasteiger charge is 2.15. The quantitative estimate of drug-likeness (QED) is 0.330. The van der Waals surface area contributed by atoms with Crippen LogP contribution in [0.5, 0.6) is 0 Å². The van der Waals surface area contributed by atoms with E-state index in [4.69, 9.17) is 5.11 Å². The number of carbonyl (C=O) groups is 2. The fourth-order valence-electron chi connectivity index (χ4n) is 0.855. The van der Waals surface area contributed by atoms with Gasteiger partial charge in [0.1, 0.15) is 0 Å². The van der Waals surface area contributed by atoms with E-state index in [0.29, 0.717) is 26.2 Å². The molecule has 0 aliphatic heterocycles. The lowest BCUT2D eigenvalue weighted by atomic mass is 10.5. The molecule has 1 atom stereocenters. The van der Waals surface area contributed by atoms with Gasteiger partial charge in [0.15, 0.2) is 0 Å². The SMILES string of the molecule is O=C(O)PC(=O)N(CCNS)CCNS. The number of carboxylic acid groups (broad SMARTS) is 1. The minimum atomic E-state index is -1.09. The van der Waals surface area contributed by atoms with Crippen molar-refractivity contribution in [1.82, 2.24) is 14.3 Å². The monoisotopic (exact) mass is 271 g/mol. The fourth-order valence-corrected chi connectivity index (χ4v) is 1.62. The first-order chi connectivity index (χ1) is 7.11. The molecule has 0 aromatic rings. The number of carbonyl (C=O) groups excluding carboxylic acids is 1. The lowest BCUT2D eigenvalue weighted by Crippen LogP contribution is -2.36. The van der Waals surface area contributed by atoms with E-state index in [-0.39, 0.29) is 5.65 Å². The summed E-state index contributed by atoms with van der Waals surface area (Å²) in [4.78, 5) is 23.2. The van der Waals surface area contributed by atoms with E-state index in [2.05, 4.69) is 35.1 Å². The Balaban J connectivity index is 4.07. The zero-order chi connectivity index (χ0) is 11.7. The molecule has 0 aliphatic rings. The van der Waals surface area contributed by atoms with Crippen LogP contribution in [0.15, 0.2) is 0 Å². The van der Waals surface area contributed by atoms with Gasteiger partial charge in [-0.1, -0.05) is 25.6 Å². The van der Waals surface area contributed by atoms with Gasteiger partial charge in [-0.2, -0.15) is 0 Å². The summed E-state index contributed by atoms with van der Waals surface area (Å²) in [5.74, 6) is 0. The second-order valence-electron chi connectivity index (χ2n) is 2.54. The summed E-state index contributed by atoms with van der Waals surface area (Å²) in [6.45, 7) is 1.87. The third-order valence-electron chi connectivity index (χ3n) is 1.49. The van der Waals surface area contributed by atoms with Gasteiger partial charge in [-0.05, 0) is 0 Å². The van der Waals surface area contributed by atoms with Crippen molar-refractivity contribution in [1.29, 1.82) is 0 Å². The molecule has 88 valence electrons. The molecule has 0 saturated heterocycles. The summed E-state index contributed by atoms with van der Waals surface area (Å²) in [7, 11) is -0.736. The summed E-state index contributed by atoms with van der Waals surface area (Å²) < 4.78 is 5.20. The fraction of sp³-hybridized carbons (Fsp3) is 0.667. The molecular weight excluding hydrogens is 257 g/mol. The van der Waals surface area contributed by atoms with Crippen LogP contribution >= 0.6 is 34.2 Å². The van der Waals surface area contributed by atoms with Crippen LogP contribution in [0.1, 0.15) is 0 Å². The molecule has 1 unspecified atom stereocenters. The maximum atomic E-state index is 11.4. The third-order valence-corrected chi connectivity index (χ3v) is 2.68. The lowest BCUT2D eigenvalue weighted by Gasteiger charge is -2.21. The Morgan fingerprint density at radius 1 is 1.20 bits per heavy atom. The molecule has 0 rings (SSSR count). The van der Waals surface area contributed by atoms with Crippen LogP contribution in [0.3, 0.4) is 0 Å². The van der Waals surface area contributed by atoms with Crippen molar-refractivity contribution in [2.45, 2.75) is 0 Å². The van der Waals surface area contributed by atoms with Crippen LogP contribution in [0.4, 0.5) is 9.59 Å². The van der Waals surface area contributed by atoms with Gasteiger partial charge >= 0.3 is 5.71 Å². The second kappa shape index (κ2) is 9.23. The van der Waals surface area contributed by atoms with Crippen molar-refractivity contribution in [3.05, 3.63) is 0 Å². The van der Waals surface area contributed by atoms with E-state index in [9.17, 15) is 9.59 Å². The van der Waals surface area contributed by atoms with Crippen LogP contribution < -0.4 is 9.44 Å². The molecule has 0 aliphatic carbocycles. The van der Waals surface area contributed by atoms with Crippen molar-refractivity contribution >= 4 is 45.6 Å². The highest BCUT2D eigenvalue weighted by atomic mass is 32.1. The number of hydrogen-bond donors (Lipinski definition) is 5. The number of hydrogen-bond acceptors (Lipinski definition) is 6. The zero-order valence-electron chi connectivity index (χ0n) is 7.93. The molecule has 0 bridgehead atoms. The topological polar surface area (TPSA) is 81.7 Å². The molecule has 9 heteroatoms. The predicted octanol–water partition coefficient (Wildman–Crippen LogP) is 0.634. The Morgan fingerprint density at radius 3 is 2.00 bits per heavy atom. The summed E-state index contributed by atoms with van der Waals surface area (Å²) in [6.07, 6.45) is 0. The first-order valence-electron chi connectivity index (χ1n) is 4.14. The number of nitrogens with zero attached hydrogens (tertiary/aromatic N) is 1. The first kappa shape index (κ1) is 15.0. The molecule has 0 heterocycles. The minimum absolute atomic E-state index is 0.380. The zero-order valence-corrected chi connectivity index (χ0v) is 10.7. The van der Waals surface area contributed by atoms with E-state index in [1.165, 1.54) is 4.90 Å². The molecule has 6 nitrogen and oxygen atoms in total. The van der Waals surface area contributed by atoms with Crippen LogP contribution in [0.25, 0.3) is 0 Å². The molecule has 3 N–H and O–H groups in total. The Kier molecular flexibility index (Phi) is 9.23.